The standard InChI is InChI=1S/C23H19ClN2O2S/c1-14-12-17(16(3)25(14)20-11-7-10-19(24)15(20)2)13-21-22(27)26(23(28)29-21)18-8-5-4-6-9-18/h4-13H,1-3H3. The number of aryl methyl sites for hydroxylation is 1. The Bertz CT molecular complexity index is 1170. The first-order valence-electron chi connectivity index (χ1n) is 9.16. The molecule has 1 aromatic heterocycles. The maximum Gasteiger partial charge on any atom is 0.298 e. The van der Waals surface area contributed by atoms with Gasteiger partial charge in [-0.05, 0) is 80.1 Å². The number of carbonyl (C=O) groups excluding carboxylic acids is 2. The van der Waals surface area contributed by atoms with Crippen molar-refractivity contribution in [2.24, 2.45) is 0 Å². The Labute approximate surface area is 178 Å². The summed E-state index contributed by atoms with van der Waals surface area (Å²) in [6.07, 6.45) is 1.80. The van der Waals surface area contributed by atoms with Gasteiger partial charge < -0.3 is 4.57 Å². The van der Waals surface area contributed by atoms with E-state index in [2.05, 4.69) is 4.57 Å². The summed E-state index contributed by atoms with van der Waals surface area (Å²) in [5.74, 6) is -0.296. The molecule has 1 fully saturated rings. The van der Waals surface area contributed by atoms with Gasteiger partial charge in [-0.3, -0.25) is 9.59 Å². The third-order valence-corrected chi connectivity index (χ3v) is 6.32. The van der Waals surface area contributed by atoms with Gasteiger partial charge in [-0.2, -0.15) is 0 Å². The number of benzene rings is 2. The van der Waals surface area contributed by atoms with Gasteiger partial charge in [-0.1, -0.05) is 35.9 Å². The van der Waals surface area contributed by atoms with Crippen LogP contribution in [0, 0.1) is 20.8 Å². The normalized spacial score (nSPS) is 15.6. The van der Waals surface area contributed by atoms with E-state index in [1.165, 1.54) is 4.90 Å². The number of imide groups is 1. The Balaban J connectivity index is 1.74. The predicted octanol–water partition coefficient (Wildman–Crippen LogP) is 6.30. The van der Waals surface area contributed by atoms with Crippen molar-refractivity contribution in [3.63, 3.8) is 0 Å². The van der Waals surface area contributed by atoms with Crippen LogP contribution in [0.5, 0.6) is 0 Å². The third kappa shape index (κ3) is 3.41. The van der Waals surface area contributed by atoms with Gasteiger partial charge in [-0.15, -0.1) is 0 Å². The molecule has 0 unspecified atom stereocenters. The Morgan fingerprint density at radius 2 is 1.69 bits per heavy atom. The largest absolute Gasteiger partial charge is 0.318 e. The van der Waals surface area contributed by atoms with Crippen LogP contribution in [0.2, 0.25) is 5.02 Å². The maximum atomic E-state index is 12.9. The van der Waals surface area contributed by atoms with Crippen molar-refractivity contribution in [2.45, 2.75) is 20.8 Å². The van der Waals surface area contributed by atoms with E-state index in [4.69, 9.17) is 11.6 Å². The summed E-state index contributed by atoms with van der Waals surface area (Å²) in [5, 5.41) is 0.424. The maximum absolute atomic E-state index is 12.9. The summed E-state index contributed by atoms with van der Waals surface area (Å²) in [5.41, 5.74) is 5.50. The van der Waals surface area contributed by atoms with Crippen molar-refractivity contribution in [2.75, 3.05) is 4.90 Å². The number of para-hydroxylation sites is 1. The van der Waals surface area contributed by atoms with E-state index >= 15 is 0 Å². The van der Waals surface area contributed by atoms with E-state index in [1.807, 2.05) is 63.2 Å². The molecular formula is C23H19ClN2O2S. The average Bonchev–Trinajstić information content (AvgIpc) is 3.13. The summed E-state index contributed by atoms with van der Waals surface area (Å²) in [7, 11) is 0. The number of nitrogens with zero attached hydrogens (tertiary/aromatic N) is 2. The number of aromatic nitrogens is 1. The minimum absolute atomic E-state index is 0.285. The molecule has 2 heterocycles. The molecule has 146 valence electrons. The zero-order valence-electron chi connectivity index (χ0n) is 16.3. The molecule has 1 aliphatic rings. The molecule has 0 bridgehead atoms. The minimum Gasteiger partial charge on any atom is -0.318 e. The lowest BCUT2D eigenvalue weighted by Crippen LogP contribution is -2.27. The van der Waals surface area contributed by atoms with Gasteiger partial charge in [0.2, 0.25) is 0 Å². The Kier molecular flexibility index (Phi) is 5.11. The van der Waals surface area contributed by atoms with Crippen LogP contribution in [0.15, 0.2) is 59.5 Å². The van der Waals surface area contributed by atoms with Crippen LogP contribution in [0.4, 0.5) is 10.5 Å². The van der Waals surface area contributed by atoms with Crippen molar-refractivity contribution in [3.8, 4) is 5.69 Å². The molecule has 0 aliphatic carbocycles. The van der Waals surface area contributed by atoms with Gasteiger partial charge in [0.15, 0.2) is 0 Å². The Morgan fingerprint density at radius 1 is 0.966 bits per heavy atom. The smallest absolute Gasteiger partial charge is 0.298 e. The lowest BCUT2D eigenvalue weighted by Gasteiger charge is -2.13. The number of halogens is 1. The molecular weight excluding hydrogens is 404 g/mol. The van der Waals surface area contributed by atoms with Crippen LogP contribution in [0.1, 0.15) is 22.5 Å². The molecule has 3 aromatic rings. The zero-order chi connectivity index (χ0) is 20.7. The summed E-state index contributed by atoms with van der Waals surface area (Å²) in [6, 6.07) is 16.8. The zero-order valence-corrected chi connectivity index (χ0v) is 17.8. The van der Waals surface area contributed by atoms with Crippen molar-refractivity contribution in [1.29, 1.82) is 0 Å². The molecule has 1 saturated heterocycles. The Hall–Kier alpha value is -2.76. The molecule has 4 rings (SSSR count). The number of hydrogen-bond donors (Lipinski definition) is 0. The van der Waals surface area contributed by atoms with Gasteiger partial charge in [0, 0.05) is 22.1 Å². The second-order valence-corrected chi connectivity index (χ2v) is 8.30. The molecule has 1 aliphatic heterocycles. The molecule has 29 heavy (non-hydrogen) atoms. The third-order valence-electron chi connectivity index (χ3n) is 5.04. The SMILES string of the molecule is Cc1c(Cl)cccc1-n1c(C)cc(C=C2SC(=O)N(c3ccccc3)C2=O)c1C. The highest BCUT2D eigenvalue weighted by Crippen LogP contribution is 2.37. The first-order valence-corrected chi connectivity index (χ1v) is 10.4. The molecule has 0 saturated carbocycles. The van der Waals surface area contributed by atoms with Crippen LogP contribution >= 0.6 is 23.4 Å². The monoisotopic (exact) mass is 422 g/mol. The first-order chi connectivity index (χ1) is 13.9. The molecule has 2 aromatic carbocycles. The van der Waals surface area contributed by atoms with Gasteiger partial charge in [-0.25, -0.2) is 4.90 Å². The minimum atomic E-state index is -0.296. The van der Waals surface area contributed by atoms with E-state index in [9.17, 15) is 9.59 Å². The fourth-order valence-electron chi connectivity index (χ4n) is 3.55. The second-order valence-electron chi connectivity index (χ2n) is 6.90. The van der Waals surface area contributed by atoms with Crippen LogP contribution < -0.4 is 4.90 Å². The van der Waals surface area contributed by atoms with E-state index in [0.717, 1.165) is 40.0 Å². The molecule has 0 radical (unpaired) electrons. The van der Waals surface area contributed by atoms with E-state index in [-0.39, 0.29) is 11.1 Å². The van der Waals surface area contributed by atoms with Crippen LogP contribution in [0.25, 0.3) is 11.8 Å². The number of hydrogen-bond acceptors (Lipinski definition) is 3. The molecule has 0 spiro atoms. The summed E-state index contributed by atoms with van der Waals surface area (Å²) in [4.78, 5) is 27.0. The average molecular weight is 423 g/mol. The highest BCUT2D eigenvalue weighted by atomic mass is 35.5. The topological polar surface area (TPSA) is 42.3 Å². The van der Waals surface area contributed by atoms with Crippen LogP contribution in [-0.2, 0) is 4.79 Å². The molecule has 4 nitrogen and oxygen atoms in total. The highest BCUT2D eigenvalue weighted by molar-refractivity contribution is 8.19. The number of thioether (sulfide) groups is 1. The van der Waals surface area contributed by atoms with Gasteiger partial charge >= 0.3 is 0 Å². The summed E-state index contributed by atoms with van der Waals surface area (Å²) >= 11 is 7.27. The first kappa shape index (κ1) is 19.6. The summed E-state index contributed by atoms with van der Waals surface area (Å²) < 4.78 is 2.12. The predicted molar refractivity (Wildman–Crippen MR) is 120 cm³/mol. The second kappa shape index (κ2) is 7.58. The molecule has 2 amide bonds. The van der Waals surface area contributed by atoms with Crippen molar-refractivity contribution >= 4 is 46.3 Å². The summed E-state index contributed by atoms with van der Waals surface area (Å²) in [6.45, 7) is 6.00. The molecule has 0 atom stereocenters. The van der Waals surface area contributed by atoms with Crippen LogP contribution in [-0.4, -0.2) is 15.7 Å². The number of amides is 2. The van der Waals surface area contributed by atoms with Gasteiger partial charge in [0.05, 0.1) is 10.6 Å². The number of anilines is 1. The Morgan fingerprint density at radius 3 is 2.41 bits per heavy atom. The fourth-order valence-corrected chi connectivity index (χ4v) is 4.55. The highest BCUT2D eigenvalue weighted by Gasteiger charge is 2.36. The van der Waals surface area contributed by atoms with Crippen LogP contribution in [0.3, 0.4) is 0 Å². The fraction of sp³-hybridized carbons (Fsp3) is 0.130. The van der Waals surface area contributed by atoms with Gasteiger partial charge in [0.1, 0.15) is 0 Å². The number of carbonyl (C=O) groups is 2. The lowest BCUT2D eigenvalue weighted by atomic mass is 10.2. The molecule has 6 heteroatoms. The quantitative estimate of drug-likeness (QED) is 0.465. The number of rotatable bonds is 3. The van der Waals surface area contributed by atoms with Crippen molar-refractivity contribution in [3.05, 3.63) is 87.0 Å². The van der Waals surface area contributed by atoms with E-state index in [0.29, 0.717) is 15.6 Å². The van der Waals surface area contributed by atoms with Crippen molar-refractivity contribution < 1.29 is 9.59 Å². The van der Waals surface area contributed by atoms with E-state index in [1.54, 1.807) is 18.2 Å². The van der Waals surface area contributed by atoms with Gasteiger partial charge in [0.25, 0.3) is 11.1 Å². The molecule has 0 N–H and O–H groups in total. The van der Waals surface area contributed by atoms with E-state index < -0.39 is 0 Å². The lowest BCUT2D eigenvalue weighted by molar-refractivity contribution is -0.113. The van der Waals surface area contributed by atoms with Crippen molar-refractivity contribution in [1.82, 2.24) is 4.57 Å².